The summed E-state index contributed by atoms with van der Waals surface area (Å²) in [5, 5.41) is 19.1. The van der Waals surface area contributed by atoms with Crippen LogP contribution in [0.15, 0.2) is 34.9 Å². The number of hydrogen-bond donors (Lipinski definition) is 3. The van der Waals surface area contributed by atoms with E-state index < -0.39 is 15.4 Å². The zero-order chi connectivity index (χ0) is 22.8. The van der Waals surface area contributed by atoms with Crippen LogP contribution >= 0.6 is 0 Å². The Hall–Kier alpha value is -1.94. The normalized spacial score (nSPS) is 28.8. The molecule has 0 radical (unpaired) electrons. The molecular formula is C23H32N2O6S. The molecule has 2 aromatic rings. The molecule has 32 heavy (non-hydrogen) atoms. The van der Waals surface area contributed by atoms with Gasteiger partial charge in [-0.2, -0.15) is 0 Å². The van der Waals surface area contributed by atoms with E-state index in [1.165, 1.54) is 18.0 Å². The maximum atomic E-state index is 11.7. The lowest BCUT2D eigenvalue weighted by Crippen LogP contribution is -2.37. The van der Waals surface area contributed by atoms with Gasteiger partial charge in [-0.15, -0.1) is 0 Å². The lowest BCUT2D eigenvalue weighted by atomic mass is 9.82. The Morgan fingerprint density at radius 1 is 1.25 bits per heavy atom. The molecule has 1 aromatic heterocycles. The molecule has 176 valence electrons. The average molecular weight is 465 g/mol. The Labute approximate surface area is 189 Å². The third-order valence-corrected chi connectivity index (χ3v) is 7.52. The van der Waals surface area contributed by atoms with Crippen LogP contribution < -0.4 is 4.72 Å². The van der Waals surface area contributed by atoms with Crippen LogP contribution in [-0.4, -0.2) is 48.6 Å². The lowest BCUT2D eigenvalue weighted by molar-refractivity contribution is -0.0105. The molecule has 2 aliphatic rings. The first kappa shape index (κ1) is 23.2. The number of ether oxygens (including phenoxy) is 1. The Morgan fingerprint density at radius 3 is 2.69 bits per heavy atom. The van der Waals surface area contributed by atoms with Crippen molar-refractivity contribution in [3.8, 4) is 5.75 Å². The van der Waals surface area contributed by atoms with Crippen molar-refractivity contribution >= 4 is 10.0 Å². The zero-order valence-electron chi connectivity index (χ0n) is 18.4. The van der Waals surface area contributed by atoms with Gasteiger partial charge in [-0.3, -0.25) is 0 Å². The van der Waals surface area contributed by atoms with Crippen LogP contribution in [-0.2, 0) is 26.8 Å². The molecule has 9 heteroatoms. The number of hydrogen-bond acceptors (Lipinski definition) is 7. The van der Waals surface area contributed by atoms with E-state index in [-0.39, 0.29) is 18.8 Å². The molecule has 1 aromatic carbocycles. The van der Waals surface area contributed by atoms with Crippen LogP contribution in [0.5, 0.6) is 5.75 Å². The van der Waals surface area contributed by atoms with Gasteiger partial charge in [-0.25, -0.2) is 18.1 Å². The molecule has 2 atom stereocenters. The Bertz CT molecular complexity index is 1010. The van der Waals surface area contributed by atoms with Gasteiger partial charge < -0.3 is 19.4 Å². The van der Waals surface area contributed by atoms with Crippen molar-refractivity contribution in [3.05, 3.63) is 47.7 Å². The van der Waals surface area contributed by atoms with E-state index in [1.807, 2.05) is 12.1 Å². The molecule has 0 unspecified atom stereocenters. The van der Waals surface area contributed by atoms with E-state index >= 15 is 0 Å². The fourth-order valence-corrected chi connectivity index (χ4v) is 5.97. The van der Waals surface area contributed by atoms with Crippen LogP contribution in [0.2, 0.25) is 0 Å². The van der Waals surface area contributed by atoms with E-state index in [0.717, 1.165) is 25.7 Å². The van der Waals surface area contributed by atoms with Gasteiger partial charge in [-0.05, 0) is 68.6 Å². The maximum Gasteiger partial charge on any atom is 0.208 e. The number of aromatic hydroxyl groups is 1. The fraction of sp³-hybridized carbons (Fsp3) is 0.609. The van der Waals surface area contributed by atoms with Crippen molar-refractivity contribution in [3.63, 3.8) is 0 Å². The number of aliphatic hydroxyl groups is 1. The quantitative estimate of drug-likeness (QED) is 0.549. The number of aromatic nitrogens is 1. The average Bonchev–Trinajstić information content (AvgIpc) is 3.39. The predicted octanol–water partition coefficient (Wildman–Crippen LogP) is 2.96. The Balaban J connectivity index is 1.40. The van der Waals surface area contributed by atoms with E-state index in [4.69, 9.17) is 9.15 Å². The topological polar surface area (TPSA) is 122 Å². The molecule has 1 heterocycles. The number of nitrogens with one attached hydrogen (secondary N) is 1. The van der Waals surface area contributed by atoms with Gasteiger partial charge >= 0.3 is 0 Å². The first-order valence-electron chi connectivity index (χ1n) is 11.2. The number of oxazole rings is 1. The number of sulfonamides is 1. The first-order valence-corrected chi connectivity index (χ1v) is 13.1. The first-order chi connectivity index (χ1) is 15.3. The summed E-state index contributed by atoms with van der Waals surface area (Å²) in [5.41, 5.74) is 0.652. The van der Waals surface area contributed by atoms with Gasteiger partial charge in [-0.1, -0.05) is 12.1 Å². The monoisotopic (exact) mass is 464 g/mol. The lowest BCUT2D eigenvalue weighted by Gasteiger charge is -2.32. The molecule has 2 aliphatic carbocycles. The van der Waals surface area contributed by atoms with Crippen LogP contribution in [0.25, 0.3) is 0 Å². The molecule has 3 N–H and O–H groups in total. The molecule has 0 amide bonds. The van der Waals surface area contributed by atoms with Crippen LogP contribution in [0.1, 0.15) is 68.1 Å². The third kappa shape index (κ3) is 5.51. The Kier molecular flexibility index (Phi) is 6.90. The number of rotatable bonds is 8. The summed E-state index contributed by atoms with van der Waals surface area (Å²) < 4.78 is 38.3. The van der Waals surface area contributed by atoms with Gasteiger partial charge in [0, 0.05) is 6.04 Å². The van der Waals surface area contributed by atoms with Gasteiger partial charge in [0.05, 0.1) is 30.6 Å². The second-order valence-corrected chi connectivity index (χ2v) is 11.1. The highest BCUT2D eigenvalue weighted by Gasteiger charge is 2.46. The zero-order valence-corrected chi connectivity index (χ0v) is 19.2. The summed E-state index contributed by atoms with van der Waals surface area (Å²) in [6.07, 6.45) is 8.57. The van der Waals surface area contributed by atoms with E-state index in [9.17, 15) is 18.6 Å². The molecule has 2 fully saturated rings. The highest BCUT2D eigenvalue weighted by Crippen LogP contribution is 2.43. The highest BCUT2D eigenvalue weighted by atomic mass is 32.2. The van der Waals surface area contributed by atoms with Crippen LogP contribution in [0.4, 0.5) is 0 Å². The minimum Gasteiger partial charge on any atom is -0.508 e. The van der Waals surface area contributed by atoms with Gasteiger partial charge in [0.1, 0.15) is 18.1 Å². The molecule has 4 rings (SSSR count). The maximum absolute atomic E-state index is 11.7. The number of aliphatic hydroxyl groups excluding tert-OH is 1. The number of phenolic OH excluding ortho intramolecular Hbond substituents is 1. The van der Waals surface area contributed by atoms with Gasteiger partial charge in [0.2, 0.25) is 15.9 Å². The summed E-state index contributed by atoms with van der Waals surface area (Å²) in [6.45, 7) is 0.176. The Morgan fingerprint density at radius 2 is 2.03 bits per heavy atom. The molecule has 0 bridgehead atoms. The van der Waals surface area contributed by atoms with Crippen molar-refractivity contribution < 1.29 is 27.8 Å². The molecule has 8 nitrogen and oxygen atoms in total. The third-order valence-electron chi connectivity index (χ3n) is 6.76. The SMILES string of the molecule is CS(=O)(=O)N[C@H]1CC[C@](COC2CCC(c3cccc(O)c3)CC2)(c2ncc(CO)o2)C1. The standard InChI is InChI=1S/C23H32N2O6S/c1-32(28,29)25-18-9-10-23(12-18,22-24-13-21(14-26)31-22)15-30-20-7-5-16(6-8-20)17-3-2-4-19(27)11-17/h2-4,11,13,16,18,20,25-27H,5-10,12,14-15H2,1H3/t16?,18-,20?,23-/m0/s1. The second kappa shape index (κ2) is 9.51. The van der Waals surface area contributed by atoms with Crippen molar-refractivity contribution in [2.45, 2.75) is 75.0 Å². The summed E-state index contributed by atoms with van der Waals surface area (Å²) in [6, 6.07) is 7.29. The molecule has 0 saturated heterocycles. The minimum atomic E-state index is -3.31. The summed E-state index contributed by atoms with van der Waals surface area (Å²) in [5.74, 6) is 1.62. The molecule has 0 spiro atoms. The van der Waals surface area contributed by atoms with Gasteiger partial charge in [0.25, 0.3) is 0 Å². The number of benzene rings is 1. The van der Waals surface area contributed by atoms with Crippen molar-refractivity contribution in [1.29, 1.82) is 0 Å². The number of phenols is 1. The second-order valence-electron chi connectivity index (χ2n) is 9.28. The smallest absolute Gasteiger partial charge is 0.208 e. The molecular weight excluding hydrogens is 432 g/mol. The van der Waals surface area contributed by atoms with Crippen LogP contribution in [0.3, 0.4) is 0 Å². The van der Waals surface area contributed by atoms with E-state index in [0.29, 0.717) is 49.2 Å². The van der Waals surface area contributed by atoms with Crippen molar-refractivity contribution in [2.24, 2.45) is 0 Å². The predicted molar refractivity (Wildman–Crippen MR) is 119 cm³/mol. The van der Waals surface area contributed by atoms with E-state index in [2.05, 4.69) is 15.8 Å². The van der Waals surface area contributed by atoms with Crippen molar-refractivity contribution in [2.75, 3.05) is 12.9 Å². The minimum absolute atomic E-state index is 0.120. The molecule has 2 saturated carbocycles. The van der Waals surface area contributed by atoms with Gasteiger partial charge in [0.15, 0.2) is 0 Å². The molecule has 0 aliphatic heterocycles. The largest absolute Gasteiger partial charge is 0.508 e. The van der Waals surface area contributed by atoms with E-state index in [1.54, 1.807) is 6.07 Å². The summed E-state index contributed by atoms with van der Waals surface area (Å²) >= 11 is 0. The summed E-state index contributed by atoms with van der Waals surface area (Å²) in [4.78, 5) is 4.39. The fourth-order valence-electron chi connectivity index (χ4n) is 5.16. The van der Waals surface area contributed by atoms with Crippen molar-refractivity contribution in [1.82, 2.24) is 9.71 Å². The van der Waals surface area contributed by atoms with Crippen LogP contribution in [0, 0.1) is 0 Å². The highest BCUT2D eigenvalue weighted by molar-refractivity contribution is 7.88. The summed E-state index contributed by atoms with van der Waals surface area (Å²) in [7, 11) is -3.31. The number of nitrogens with zero attached hydrogens (tertiary/aromatic N) is 1.